The standard InChI is InChI=1S/C23H25F3N6O2/c1-28-21(33)18-13-32(22(34)20-4-7-29-30-20)12-17(18)14-5-8-31(9-6-14)16-3-2-15(11-27)19(10-16)23(24,25)26/h2-4,7,10,14,17-18H,5-6,8-9,12-13H2,1H3,(H,28,33)(H,29,30)/t17-,18+/m0/s1. The summed E-state index contributed by atoms with van der Waals surface area (Å²) in [6.45, 7) is 1.81. The van der Waals surface area contributed by atoms with Crippen LogP contribution in [0.5, 0.6) is 0 Å². The summed E-state index contributed by atoms with van der Waals surface area (Å²) in [5.41, 5.74) is -0.534. The van der Waals surface area contributed by atoms with Gasteiger partial charge in [-0.25, -0.2) is 0 Å². The van der Waals surface area contributed by atoms with Crippen molar-refractivity contribution in [1.82, 2.24) is 20.4 Å². The molecule has 11 heteroatoms. The second-order valence-electron chi connectivity index (χ2n) is 8.73. The van der Waals surface area contributed by atoms with Crippen LogP contribution in [-0.4, -0.2) is 60.1 Å². The zero-order chi connectivity index (χ0) is 24.5. The molecule has 2 fully saturated rings. The first-order valence-corrected chi connectivity index (χ1v) is 11.1. The second kappa shape index (κ2) is 9.37. The number of carbonyl (C=O) groups is 2. The number of aromatic nitrogens is 2. The van der Waals surface area contributed by atoms with Gasteiger partial charge in [0.15, 0.2) is 0 Å². The molecule has 2 saturated heterocycles. The number of piperidine rings is 1. The molecule has 2 atom stereocenters. The largest absolute Gasteiger partial charge is 0.417 e. The zero-order valence-electron chi connectivity index (χ0n) is 18.6. The second-order valence-corrected chi connectivity index (χ2v) is 8.73. The number of alkyl halides is 3. The lowest BCUT2D eigenvalue weighted by molar-refractivity contribution is -0.137. The predicted octanol–water partition coefficient (Wildman–Crippen LogP) is 2.65. The van der Waals surface area contributed by atoms with Crippen LogP contribution in [0.1, 0.15) is 34.5 Å². The fourth-order valence-electron chi connectivity index (χ4n) is 5.13. The highest BCUT2D eigenvalue weighted by molar-refractivity contribution is 5.93. The summed E-state index contributed by atoms with van der Waals surface area (Å²) in [6.07, 6.45) is -1.73. The van der Waals surface area contributed by atoms with E-state index in [0.717, 1.165) is 6.07 Å². The Kier molecular flexibility index (Phi) is 6.50. The SMILES string of the molecule is CNC(=O)[C@@H]1CN(C(=O)c2ccn[nH]2)C[C@H]1C1CCN(c2ccc(C#N)c(C(F)(F)F)c2)CC1. The topological polar surface area (TPSA) is 105 Å². The van der Waals surface area contributed by atoms with Crippen molar-refractivity contribution in [2.75, 3.05) is 38.1 Å². The lowest BCUT2D eigenvalue weighted by atomic mass is 9.78. The van der Waals surface area contributed by atoms with Crippen molar-refractivity contribution in [2.24, 2.45) is 17.8 Å². The Labute approximate surface area is 194 Å². The minimum Gasteiger partial charge on any atom is -0.372 e. The van der Waals surface area contributed by atoms with Crippen LogP contribution >= 0.6 is 0 Å². The van der Waals surface area contributed by atoms with E-state index in [1.807, 2.05) is 4.90 Å². The van der Waals surface area contributed by atoms with Crippen LogP contribution in [0.4, 0.5) is 18.9 Å². The van der Waals surface area contributed by atoms with Gasteiger partial charge in [-0.15, -0.1) is 0 Å². The lowest BCUT2D eigenvalue weighted by Gasteiger charge is -2.37. The van der Waals surface area contributed by atoms with Crippen molar-refractivity contribution < 1.29 is 22.8 Å². The molecular weight excluding hydrogens is 449 g/mol. The zero-order valence-corrected chi connectivity index (χ0v) is 18.6. The van der Waals surface area contributed by atoms with Crippen LogP contribution in [0.25, 0.3) is 0 Å². The maximum atomic E-state index is 13.4. The molecule has 3 heterocycles. The number of nitrogens with zero attached hydrogens (tertiary/aromatic N) is 4. The number of nitriles is 1. The number of carbonyl (C=O) groups excluding carboxylic acids is 2. The van der Waals surface area contributed by atoms with E-state index in [2.05, 4.69) is 15.5 Å². The molecule has 8 nitrogen and oxygen atoms in total. The van der Waals surface area contributed by atoms with Crippen molar-refractivity contribution in [3.05, 3.63) is 47.3 Å². The van der Waals surface area contributed by atoms with Crippen LogP contribution in [0.3, 0.4) is 0 Å². The molecule has 4 rings (SSSR count). The Bertz CT molecular complexity index is 1090. The molecule has 2 N–H and O–H groups in total. The summed E-state index contributed by atoms with van der Waals surface area (Å²) in [7, 11) is 1.57. The molecule has 1 aromatic carbocycles. The number of likely N-dealkylation sites (tertiary alicyclic amines) is 1. The van der Waals surface area contributed by atoms with E-state index < -0.39 is 17.3 Å². The number of aromatic amines is 1. The van der Waals surface area contributed by atoms with Gasteiger partial charge in [-0.2, -0.15) is 23.5 Å². The molecule has 0 spiro atoms. The van der Waals surface area contributed by atoms with Crippen LogP contribution < -0.4 is 10.2 Å². The Morgan fingerprint density at radius 3 is 2.53 bits per heavy atom. The maximum absolute atomic E-state index is 13.4. The van der Waals surface area contributed by atoms with Crippen molar-refractivity contribution >= 4 is 17.5 Å². The molecule has 0 bridgehead atoms. The Morgan fingerprint density at radius 1 is 1.21 bits per heavy atom. The number of nitrogens with one attached hydrogen (secondary N) is 2. The first-order chi connectivity index (χ1) is 16.2. The minimum absolute atomic E-state index is 0.0410. The van der Waals surface area contributed by atoms with Crippen LogP contribution in [0.15, 0.2) is 30.5 Å². The molecule has 0 unspecified atom stereocenters. The minimum atomic E-state index is -4.60. The third-order valence-corrected chi connectivity index (χ3v) is 6.91. The van der Waals surface area contributed by atoms with E-state index >= 15 is 0 Å². The van der Waals surface area contributed by atoms with Crippen LogP contribution in [0.2, 0.25) is 0 Å². The van der Waals surface area contributed by atoms with Gasteiger partial charge in [0.2, 0.25) is 5.91 Å². The molecule has 2 aromatic rings. The van der Waals surface area contributed by atoms with Crippen molar-refractivity contribution in [3.63, 3.8) is 0 Å². The van der Waals surface area contributed by atoms with Crippen LogP contribution in [-0.2, 0) is 11.0 Å². The molecule has 0 aliphatic carbocycles. The summed E-state index contributed by atoms with van der Waals surface area (Å²) >= 11 is 0. The van der Waals surface area contributed by atoms with E-state index in [4.69, 9.17) is 5.26 Å². The molecule has 0 saturated carbocycles. The van der Waals surface area contributed by atoms with Gasteiger partial charge in [-0.05, 0) is 48.9 Å². The lowest BCUT2D eigenvalue weighted by Crippen LogP contribution is -2.41. The summed E-state index contributed by atoms with van der Waals surface area (Å²) in [5, 5.41) is 18.2. The fraction of sp³-hybridized carbons (Fsp3) is 0.478. The molecule has 2 amide bonds. The summed E-state index contributed by atoms with van der Waals surface area (Å²) in [5.74, 6) is -0.558. The van der Waals surface area contributed by atoms with Crippen molar-refractivity contribution in [1.29, 1.82) is 5.26 Å². The molecule has 1 aromatic heterocycles. The number of hydrogen-bond acceptors (Lipinski definition) is 5. The number of H-pyrrole nitrogens is 1. The van der Waals surface area contributed by atoms with E-state index in [-0.39, 0.29) is 29.6 Å². The molecule has 180 valence electrons. The maximum Gasteiger partial charge on any atom is 0.417 e. The Balaban J connectivity index is 1.47. The van der Waals surface area contributed by atoms with E-state index in [1.54, 1.807) is 30.1 Å². The number of amides is 2. The van der Waals surface area contributed by atoms with Gasteiger partial charge in [-0.1, -0.05) is 0 Å². The smallest absolute Gasteiger partial charge is 0.372 e. The summed E-state index contributed by atoms with van der Waals surface area (Å²) in [4.78, 5) is 28.9. The number of rotatable bonds is 4. The van der Waals surface area contributed by atoms with E-state index in [0.29, 0.717) is 50.4 Å². The summed E-state index contributed by atoms with van der Waals surface area (Å²) < 4.78 is 40.1. The van der Waals surface area contributed by atoms with E-state index in [1.165, 1.54) is 12.3 Å². The highest BCUT2D eigenvalue weighted by atomic mass is 19.4. The molecule has 2 aliphatic heterocycles. The number of benzene rings is 1. The highest BCUT2D eigenvalue weighted by Crippen LogP contribution is 2.39. The molecule has 0 radical (unpaired) electrons. The number of hydrogen-bond donors (Lipinski definition) is 2. The van der Waals surface area contributed by atoms with Gasteiger partial charge in [0.25, 0.3) is 5.91 Å². The molecule has 2 aliphatic rings. The van der Waals surface area contributed by atoms with Crippen molar-refractivity contribution in [3.8, 4) is 6.07 Å². The normalized spacial score (nSPS) is 21.4. The highest BCUT2D eigenvalue weighted by Gasteiger charge is 2.44. The average molecular weight is 474 g/mol. The monoisotopic (exact) mass is 474 g/mol. The molecular formula is C23H25F3N6O2. The van der Waals surface area contributed by atoms with Gasteiger partial charge in [0.05, 0.1) is 23.1 Å². The Hall–Kier alpha value is -3.55. The molecule has 34 heavy (non-hydrogen) atoms. The third-order valence-electron chi connectivity index (χ3n) is 6.91. The quantitative estimate of drug-likeness (QED) is 0.709. The summed E-state index contributed by atoms with van der Waals surface area (Å²) in [6, 6.07) is 6.99. The van der Waals surface area contributed by atoms with Gasteiger partial charge < -0.3 is 15.1 Å². The number of anilines is 1. The predicted molar refractivity (Wildman–Crippen MR) is 117 cm³/mol. The average Bonchev–Trinajstić information content (AvgIpc) is 3.53. The number of halogens is 3. The Morgan fingerprint density at radius 2 is 1.94 bits per heavy atom. The van der Waals surface area contributed by atoms with Gasteiger partial charge in [0, 0.05) is 45.1 Å². The van der Waals surface area contributed by atoms with Gasteiger partial charge in [-0.3, -0.25) is 14.7 Å². The van der Waals surface area contributed by atoms with Crippen molar-refractivity contribution in [2.45, 2.75) is 19.0 Å². The van der Waals surface area contributed by atoms with Gasteiger partial charge in [0.1, 0.15) is 5.69 Å². The van der Waals surface area contributed by atoms with Gasteiger partial charge >= 0.3 is 6.18 Å². The van der Waals surface area contributed by atoms with Crippen LogP contribution in [0, 0.1) is 29.1 Å². The third kappa shape index (κ3) is 4.58. The first kappa shape index (κ1) is 23.6. The first-order valence-electron chi connectivity index (χ1n) is 11.1. The fourth-order valence-corrected chi connectivity index (χ4v) is 5.13. The van der Waals surface area contributed by atoms with E-state index in [9.17, 15) is 22.8 Å².